The van der Waals surface area contributed by atoms with Crippen molar-refractivity contribution in [2.75, 3.05) is 0 Å². The van der Waals surface area contributed by atoms with E-state index in [1.54, 1.807) is 32.1 Å². The Morgan fingerprint density at radius 2 is 0.222 bits per heavy atom. The molecule has 0 heterocycles. The molecule has 0 spiro atoms. The van der Waals surface area contributed by atoms with E-state index in [1.807, 2.05) is 0 Å². The summed E-state index contributed by atoms with van der Waals surface area (Å²) in [5.41, 5.74) is 0.605. The van der Waals surface area contributed by atoms with Gasteiger partial charge in [0.25, 0.3) is 0 Å². The Morgan fingerprint density at radius 3 is 0.344 bits per heavy atom. The molecule has 0 N–H and O–H groups in total. The molecule has 0 aromatic carbocycles. The highest BCUT2D eigenvalue weighted by molar-refractivity contribution is 4.87. The van der Waals surface area contributed by atoms with E-state index in [0.29, 0.717) is 5.41 Å². The molecule has 0 amide bonds. The molecule has 0 saturated heterocycles. The van der Waals surface area contributed by atoms with Crippen molar-refractivity contribution in [3.05, 3.63) is 0 Å². The van der Waals surface area contributed by atoms with E-state index < -0.39 is 0 Å². The van der Waals surface area contributed by atoms with Gasteiger partial charge in [-0.25, -0.2) is 0 Å². The van der Waals surface area contributed by atoms with Crippen molar-refractivity contribution in [3.63, 3.8) is 0 Å². The van der Waals surface area contributed by atoms with Crippen LogP contribution < -0.4 is 0 Å². The minimum Gasteiger partial charge on any atom is -0.0654 e. The van der Waals surface area contributed by atoms with Crippen molar-refractivity contribution >= 4 is 0 Å². The highest BCUT2D eigenvalue weighted by atomic mass is 14.4. The zero-order valence-corrected chi connectivity index (χ0v) is 64.8. The maximum atomic E-state index is 2.35. The fraction of sp³-hybridized carbons (Fsp3) is 1.00. The van der Waals surface area contributed by atoms with Gasteiger partial charge in [0.2, 0.25) is 0 Å². The van der Waals surface area contributed by atoms with Gasteiger partial charge in [0.15, 0.2) is 0 Å². The molecule has 542 valence electrons. The molecule has 2 atom stereocenters. The lowest BCUT2D eigenvalue weighted by Gasteiger charge is -2.43. The van der Waals surface area contributed by atoms with E-state index in [4.69, 9.17) is 0 Å². The molecule has 2 unspecified atom stereocenters. The highest BCUT2D eigenvalue weighted by Crippen LogP contribution is 2.48. The van der Waals surface area contributed by atoms with Crippen molar-refractivity contribution in [3.8, 4) is 0 Å². The molecule has 0 heteroatoms. The summed E-state index contributed by atoms with van der Waals surface area (Å²) in [5, 5.41) is 0. The first-order valence-electron chi connectivity index (χ1n) is 44.7. The molecule has 0 fully saturated rings. The number of rotatable bonds is 84. The van der Waals surface area contributed by atoms with Crippen molar-refractivity contribution in [1.29, 1.82) is 0 Å². The Labute approximate surface area is 575 Å². The van der Waals surface area contributed by atoms with Crippen LogP contribution in [0, 0.1) is 11.3 Å². The molecule has 0 bridgehead atoms. The van der Waals surface area contributed by atoms with Crippen molar-refractivity contribution in [2.24, 2.45) is 11.3 Å². The number of hydrogen-bond donors (Lipinski definition) is 0. The van der Waals surface area contributed by atoms with Crippen LogP contribution in [0.5, 0.6) is 0 Å². The largest absolute Gasteiger partial charge is 0.0654 e. The molecule has 0 nitrogen and oxygen atoms in total. The Kier molecular flexibility index (Phi) is 81.4. The van der Waals surface area contributed by atoms with Crippen molar-refractivity contribution in [2.45, 2.75) is 568 Å². The second-order valence-electron chi connectivity index (χ2n) is 31.7. The van der Waals surface area contributed by atoms with Crippen LogP contribution in [-0.2, 0) is 0 Å². The van der Waals surface area contributed by atoms with Crippen LogP contribution in [0.3, 0.4) is 0 Å². The van der Waals surface area contributed by atoms with Crippen LogP contribution >= 0.6 is 0 Å². The normalized spacial score (nSPS) is 12.9. The van der Waals surface area contributed by atoms with Gasteiger partial charge in [-0.2, -0.15) is 0 Å². The Balaban J connectivity index is 5.91. The molecule has 0 rings (SSSR count). The maximum Gasteiger partial charge on any atom is -0.0269 e. The smallest absolute Gasteiger partial charge is 0.0269 e. The molecular formula is C90H182. The molecule has 90 heavy (non-hydrogen) atoms. The summed E-state index contributed by atoms with van der Waals surface area (Å²) in [6.45, 7) is 11.7. The van der Waals surface area contributed by atoms with Gasteiger partial charge in [0.1, 0.15) is 0 Å². The highest BCUT2D eigenvalue weighted by Gasteiger charge is 2.36. The number of hydrogen-bond acceptors (Lipinski definition) is 0. The molecule has 0 saturated carbocycles. The van der Waals surface area contributed by atoms with Gasteiger partial charge in [-0.1, -0.05) is 535 Å². The van der Waals surface area contributed by atoms with Gasteiger partial charge < -0.3 is 0 Å². The van der Waals surface area contributed by atoms with Gasteiger partial charge in [-0.15, -0.1) is 0 Å². The van der Waals surface area contributed by atoms with Crippen LogP contribution in [0.2, 0.25) is 0 Å². The lowest BCUT2D eigenvalue weighted by atomic mass is 9.62. The Bertz CT molecular complexity index is 1200. The predicted octanol–water partition coefficient (Wildman–Crippen LogP) is 35.1. The van der Waals surface area contributed by atoms with Crippen LogP contribution in [0.15, 0.2) is 0 Å². The van der Waals surface area contributed by atoms with Gasteiger partial charge >= 0.3 is 0 Å². The zero-order valence-electron chi connectivity index (χ0n) is 64.8. The van der Waals surface area contributed by atoms with Gasteiger partial charge in [0.05, 0.1) is 0 Å². The summed E-state index contributed by atoms with van der Waals surface area (Å²) in [5.74, 6) is 0.977. The first-order valence-corrected chi connectivity index (χ1v) is 44.7. The molecule has 0 aliphatic rings. The molecular weight excluding hydrogens is 1080 g/mol. The third-order valence-corrected chi connectivity index (χ3v) is 22.8. The van der Waals surface area contributed by atoms with E-state index in [9.17, 15) is 0 Å². The van der Waals surface area contributed by atoms with Gasteiger partial charge in [0, 0.05) is 0 Å². The van der Waals surface area contributed by atoms with E-state index in [2.05, 4.69) is 34.6 Å². The van der Waals surface area contributed by atoms with E-state index in [1.165, 1.54) is 501 Å². The van der Waals surface area contributed by atoms with E-state index >= 15 is 0 Å². The third-order valence-electron chi connectivity index (χ3n) is 22.8. The molecule has 0 aromatic heterocycles. The summed E-state index contributed by atoms with van der Waals surface area (Å²) in [7, 11) is 0. The quantitative estimate of drug-likeness (QED) is 0.0533. The summed E-state index contributed by atoms with van der Waals surface area (Å²) in [6.07, 6.45) is 124. The molecule has 0 radical (unpaired) electrons. The summed E-state index contributed by atoms with van der Waals surface area (Å²) in [6, 6.07) is 0. The average Bonchev–Trinajstić information content (AvgIpc) is 1.61. The van der Waals surface area contributed by atoms with E-state index in [-0.39, 0.29) is 0 Å². The van der Waals surface area contributed by atoms with Crippen molar-refractivity contribution in [1.82, 2.24) is 0 Å². The minimum atomic E-state index is 0.605. The zero-order chi connectivity index (χ0) is 64.8. The maximum absolute atomic E-state index is 2.35. The Hall–Kier alpha value is 0. The minimum absolute atomic E-state index is 0.605. The summed E-state index contributed by atoms with van der Waals surface area (Å²) < 4.78 is 0. The standard InChI is InChI=1S/C90H182/c1-6-11-16-21-26-31-36-41-46-49-53-58-63-68-73-78-83-88-90(86-81-76-71-66-61-56-51-44-39-34-29-24-19-14-9-4,87-82-77-72-67-62-57-52-48-43-38-33-28-23-18-13-8-3)89(84-79-74-69-64-59-54-45-40-35-30-25-20-15-10-5)85-80-75-70-65-60-55-50-47-42-37-32-27-22-17-12-7-2/h89H,6-88H2,1-5H3. The first kappa shape index (κ1) is 90.0. The first-order chi connectivity index (χ1) is 44.7. The molecule has 0 aromatic rings. The molecule has 0 aliphatic carbocycles. The predicted molar refractivity (Wildman–Crippen MR) is 418 cm³/mol. The fourth-order valence-corrected chi connectivity index (χ4v) is 16.3. The second kappa shape index (κ2) is 81.4. The Morgan fingerprint density at radius 1 is 0.122 bits per heavy atom. The van der Waals surface area contributed by atoms with Crippen LogP contribution in [0.25, 0.3) is 0 Å². The number of unbranched alkanes of at least 4 members (excludes halogenated alkanes) is 73. The van der Waals surface area contributed by atoms with Gasteiger partial charge in [-0.3, -0.25) is 0 Å². The van der Waals surface area contributed by atoms with Crippen LogP contribution in [0.1, 0.15) is 568 Å². The van der Waals surface area contributed by atoms with Gasteiger partial charge in [-0.05, 0) is 43.4 Å². The van der Waals surface area contributed by atoms with Crippen LogP contribution in [0.4, 0.5) is 0 Å². The lowest BCUT2D eigenvalue weighted by molar-refractivity contribution is 0.0813. The third kappa shape index (κ3) is 70.8. The van der Waals surface area contributed by atoms with E-state index in [0.717, 1.165) is 5.92 Å². The topological polar surface area (TPSA) is 0 Å². The summed E-state index contributed by atoms with van der Waals surface area (Å²) >= 11 is 0. The second-order valence-corrected chi connectivity index (χ2v) is 31.7. The van der Waals surface area contributed by atoms with Crippen molar-refractivity contribution < 1.29 is 0 Å². The average molecular weight is 1260 g/mol. The molecule has 0 aliphatic heterocycles. The monoisotopic (exact) mass is 1260 g/mol. The summed E-state index contributed by atoms with van der Waals surface area (Å²) in [4.78, 5) is 0. The lowest BCUT2D eigenvalue weighted by Crippen LogP contribution is -2.32. The SMILES string of the molecule is CCCCCCCCCCCCCCCCCCCC(CCCCCCCCCCCCCCCCC)(CCCCCCCCCCCCCCCCCC)C(CCCCCCCCCCCCCCCC)CCCCCCCCCCCCCCCCCC. The fourth-order valence-electron chi connectivity index (χ4n) is 16.3. The van der Waals surface area contributed by atoms with Crippen LogP contribution in [-0.4, -0.2) is 0 Å².